The number of esters is 1. The number of nitriles is 1. The van der Waals surface area contributed by atoms with Crippen LogP contribution < -0.4 is 5.73 Å². The lowest BCUT2D eigenvalue weighted by Crippen LogP contribution is -2.41. The van der Waals surface area contributed by atoms with Crippen LogP contribution in [0.15, 0.2) is 36.4 Å². The molecule has 9 heteroatoms. The number of rotatable bonds is 5. The highest BCUT2D eigenvalue weighted by atomic mass is 16.6. The molecule has 1 saturated heterocycles. The van der Waals surface area contributed by atoms with E-state index < -0.39 is 11.6 Å². The standard InChI is InChI=1S/C34H39N5O4/c1-19(2)31-37-29-25(17-21-11-12-22(18-35)24-10-8-7-9-23(21)24)26(28(36)27(30(29)38-31)32(40)42-6)20-13-15-39(16-14-20)33(41)43-34(3,4)5/h7-12,19-20H,13-17,36H2,1-6H3,(H,37,38). The first kappa shape index (κ1) is 29.9. The van der Waals surface area contributed by atoms with Gasteiger partial charge in [0, 0.05) is 25.4 Å². The van der Waals surface area contributed by atoms with Crippen LogP contribution in [0.4, 0.5) is 10.5 Å². The Morgan fingerprint density at radius 1 is 1.14 bits per heavy atom. The molecule has 4 aromatic rings. The van der Waals surface area contributed by atoms with Gasteiger partial charge in [-0.05, 0) is 73.1 Å². The number of methoxy groups -OCH3 is 1. The number of carbonyl (C=O) groups excluding carboxylic acids is 2. The number of carbonyl (C=O) groups is 2. The number of hydrogen-bond donors (Lipinski definition) is 2. The second-order valence-corrected chi connectivity index (χ2v) is 12.5. The van der Waals surface area contributed by atoms with Crippen molar-refractivity contribution in [2.45, 2.75) is 71.3 Å². The van der Waals surface area contributed by atoms with E-state index in [0.29, 0.717) is 54.6 Å². The maximum absolute atomic E-state index is 13.2. The van der Waals surface area contributed by atoms with Crippen molar-refractivity contribution in [3.63, 3.8) is 0 Å². The Labute approximate surface area is 252 Å². The van der Waals surface area contributed by atoms with Crippen molar-refractivity contribution in [3.05, 3.63) is 70.0 Å². The third kappa shape index (κ3) is 5.74. The van der Waals surface area contributed by atoms with Crippen LogP contribution in [-0.2, 0) is 15.9 Å². The Hall–Kier alpha value is -4.58. The molecule has 224 valence electrons. The number of nitrogen functional groups attached to an aromatic ring is 1. The van der Waals surface area contributed by atoms with Crippen LogP contribution in [0.25, 0.3) is 21.8 Å². The summed E-state index contributed by atoms with van der Waals surface area (Å²) in [4.78, 5) is 36.1. The average Bonchev–Trinajstić information content (AvgIpc) is 3.42. The van der Waals surface area contributed by atoms with Gasteiger partial charge >= 0.3 is 12.1 Å². The molecular weight excluding hydrogens is 542 g/mol. The summed E-state index contributed by atoms with van der Waals surface area (Å²) < 4.78 is 10.8. The molecule has 2 heterocycles. The minimum Gasteiger partial charge on any atom is -0.465 e. The summed E-state index contributed by atoms with van der Waals surface area (Å²) in [6.45, 7) is 10.7. The zero-order chi connectivity index (χ0) is 31.1. The van der Waals surface area contributed by atoms with Gasteiger partial charge in [0.25, 0.3) is 0 Å². The zero-order valence-electron chi connectivity index (χ0n) is 25.7. The van der Waals surface area contributed by atoms with Crippen molar-refractivity contribution < 1.29 is 19.1 Å². The molecule has 5 rings (SSSR count). The fraction of sp³-hybridized carbons (Fsp3) is 0.412. The van der Waals surface area contributed by atoms with E-state index in [1.165, 1.54) is 7.11 Å². The van der Waals surface area contributed by atoms with Crippen LogP contribution in [0.2, 0.25) is 0 Å². The van der Waals surface area contributed by atoms with Gasteiger partial charge < -0.3 is 25.1 Å². The number of aromatic amines is 1. The van der Waals surface area contributed by atoms with Crippen molar-refractivity contribution in [1.82, 2.24) is 14.9 Å². The van der Waals surface area contributed by atoms with Gasteiger partial charge in [-0.2, -0.15) is 5.26 Å². The summed E-state index contributed by atoms with van der Waals surface area (Å²) in [5.74, 6) is 0.292. The van der Waals surface area contributed by atoms with Crippen LogP contribution >= 0.6 is 0 Å². The quantitative estimate of drug-likeness (QED) is 0.196. The first-order valence-electron chi connectivity index (χ1n) is 14.7. The summed E-state index contributed by atoms with van der Waals surface area (Å²) in [5.41, 5.74) is 11.7. The minimum absolute atomic E-state index is 0.0228. The monoisotopic (exact) mass is 581 g/mol. The number of nitrogens with one attached hydrogen (secondary N) is 1. The normalized spacial score (nSPS) is 14.3. The molecule has 0 aliphatic carbocycles. The van der Waals surface area contributed by atoms with Gasteiger partial charge in [0.2, 0.25) is 0 Å². The van der Waals surface area contributed by atoms with Crippen molar-refractivity contribution in [3.8, 4) is 6.07 Å². The van der Waals surface area contributed by atoms with Crippen molar-refractivity contribution >= 4 is 39.6 Å². The number of nitrogens with two attached hydrogens (primary N) is 1. The van der Waals surface area contributed by atoms with Gasteiger partial charge in [0.15, 0.2) is 0 Å². The molecule has 1 aliphatic heterocycles. The lowest BCUT2D eigenvalue weighted by Gasteiger charge is -2.35. The average molecular weight is 582 g/mol. The van der Waals surface area contributed by atoms with Gasteiger partial charge in [-0.15, -0.1) is 0 Å². The predicted molar refractivity (Wildman–Crippen MR) is 167 cm³/mol. The number of anilines is 1. The highest BCUT2D eigenvalue weighted by Gasteiger charge is 2.33. The molecule has 9 nitrogen and oxygen atoms in total. The Bertz CT molecular complexity index is 1750. The second kappa shape index (κ2) is 11.6. The molecule has 0 radical (unpaired) electrons. The van der Waals surface area contributed by atoms with E-state index in [1.807, 2.05) is 71.0 Å². The molecule has 0 spiro atoms. The molecule has 0 atom stereocenters. The summed E-state index contributed by atoms with van der Waals surface area (Å²) >= 11 is 0. The summed E-state index contributed by atoms with van der Waals surface area (Å²) in [7, 11) is 1.35. The number of hydrogen-bond acceptors (Lipinski definition) is 7. The zero-order valence-corrected chi connectivity index (χ0v) is 25.7. The fourth-order valence-electron chi connectivity index (χ4n) is 6.06. The molecule has 1 aromatic heterocycles. The maximum Gasteiger partial charge on any atom is 0.410 e. The van der Waals surface area contributed by atoms with Crippen LogP contribution in [0.3, 0.4) is 0 Å². The molecular formula is C34H39N5O4. The molecule has 0 unspecified atom stereocenters. The molecule has 0 saturated carbocycles. The topological polar surface area (TPSA) is 134 Å². The lowest BCUT2D eigenvalue weighted by atomic mass is 9.81. The number of nitrogens with zero attached hydrogens (tertiary/aromatic N) is 3. The number of imidazole rings is 1. The Balaban J connectivity index is 1.68. The number of piperidine rings is 1. The number of fused-ring (bicyclic) bond motifs is 2. The minimum atomic E-state index is -0.579. The summed E-state index contributed by atoms with van der Waals surface area (Å²) in [6, 6.07) is 14.0. The molecule has 1 amide bonds. The number of likely N-dealkylation sites (tertiary alicyclic amines) is 1. The third-order valence-electron chi connectivity index (χ3n) is 8.14. The summed E-state index contributed by atoms with van der Waals surface area (Å²) in [5, 5.41) is 11.6. The SMILES string of the molecule is COC(=O)c1c(N)c(C2CCN(C(=O)OC(C)(C)C)CC2)c(Cc2ccc(C#N)c3ccccc23)c2nc(C(C)C)[nH]c12. The van der Waals surface area contributed by atoms with Gasteiger partial charge in [-0.1, -0.05) is 44.2 Å². The Morgan fingerprint density at radius 2 is 1.81 bits per heavy atom. The second-order valence-electron chi connectivity index (χ2n) is 12.5. The van der Waals surface area contributed by atoms with E-state index in [4.69, 9.17) is 20.2 Å². The largest absolute Gasteiger partial charge is 0.465 e. The number of amides is 1. The number of benzene rings is 3. The van der Waals surface area contributed by atoms with Crippen molar-refractivity contribution in [1.29, 1.82) is 5.26 Å². The highest BCUT2D eigenvalue weighted by Crippen LogP contribution is 2.42. The first-order chi connectivity index (χ1) is 20.4. The molecule has 0 bridgehead atoms. The Morgan fingerprint density at radius 3 is 2.42 bits per heavy atom. The smallest absolute Gasteiger partial charge is 0.410 e. The van der Waals surface area contributed by atoms with E-state index in [0.717, 1.165) is 33.3 Å². The van der Waals surface area contributed by atoms with Crippen LogP contribution in [0, 0.1) is 11.3 Å². The van der Waals surface area contributed by atoms with E-state index in [9.17, 15) is 14.9 Å². The van der Waals surface area contributed by atoms with E-state index >= 15 is 0 Å². The van der Waals surface area contributed by atoms with Crippen LogP contribution in [-0.4, -0.2) is 52.7 Å². The predicted octanol–water partition coefficient (Wildman–Crippen LogP) is 6.79. The highest BCUT2D eigenvalue weighted by molar-refractivity contribution is 6.09. The van der Waals surface area contributed by atoms with Gasteiger partial charge in [-0.25, -0.2) is 14.6 Å². The molecule has 1 fully saturated rings. The summed E-state index contributed by atoms with van der Waals surface area (Å²) in [6.07, 6.45) is 1.47. The fourth-order valence-corrected chi connectivity index (χ4v) is 6.06. The van der Waals surface area contributed by atoms with E-state index in [-0.39, 0.29) is 23.5 Å². The lowest BCUT2D eigenvalue weighted by molar-refractivity contribution is 0.0205. The molecule has 43 heavy (non-hydrogen) atoms. The van der Waals surface area contributed by atoms with E-state index in [2.05, 4.69) is 11.1 Å². The van der Waals surface area contributed by atoms with Gasteiger partial charge in [-0.3, -0.25) is 0 Å². The number of H-pyrrole nitrogens is 1. The molecule has 3 N–H and O–H groups in total. The maximum atomic E-state index is 13.2. The van der Waals surface area contributed by atoms with E-state index in [1.54, 1.807) is 4.90 Å². The van der Waals surface area contributed by atoms with Crippen LogP contribution in [0.5, 0.6) is 0 Å². The van der Waals surface area contributed by atoms with Crippen molar-refractivity contribution in [2.75, 3.05) is 25.9 Å². The Kier molecular flexibility index (Phi) is 8.06. The molecule has 1 aliphatic rings. The first-order valence-corrected chi connectivity index (χ1v) is 14.7. The van der Waals surface area contributed by atoms with Gasteiger partial charge in [0.05, 0.1) is 35.5 Å². The number of aromatic nitrogens is 2. The molecule has 3 aromatic carbocycles. The third-order valence-corrected chi connectivity index (χ3v) is 8.14. The van der Waals surface area contributed by atoms with Crippen molar-refractivity contribution in [2.24, 2.45) is 0 Å². The van der Waals surface area contributed by atoms with Gasteiger partial charge in [0.1, 0.15) is 17.0 Å². The number of ether oxygens (including phenoxy) is 2. The van der Waals surface area contributed by atoms with Crippen LogP contribution in [0.1, 0.15) is 97.7 Å².